The van der Waals surface area contributed by atoms with E-state index in [2.05, 4.69) is 122 Å². The van der Waals surface area contributed by atoms with Crippen molar-refractivity contribution in [3.05, 3.63) is 97.1 Å². The third-order valence-electron chi connectivity index (χ3n) is 7.81. The van der Waals surface area contributed by atoms with Crippen LogP contribution in [0.3, 0.4) is 0 Å². The van der Waals surface area contributed by atoms with Crippen molar-refractivity contribution in [3.8, 4) is 22.3 Å². The van der Waals surface area contributed by atoms with Gasteiger partial charge >= 0.3 is 0 Å². The zero-order valence-electron chi connectivity index (χ0n) is 19.2. The number of aryl methyl sites for hydroxylation is 1. The Labute approximate surface area is 194 Å². The molecule has 1 nitrogen and oxygen atoms in total. The second kappa shape index (κ2) is 6.46. The summed E-state index contributed by atoms with van der Waals surface area (Å²) in [5.74, 6) is 0. The van der Waals surface area contributed by atoms with Crippen molar-refractivity contribution in [2.75, 3.05) is 0 Å². The van der Waals surface area contributed by atoms with E-state index in [0.29, 0.717) is 0 Å². The summed E-state index contributed by atoms with van der Waals surface area (Å²) in [6.45, 7) is 4.98. The highest BCUT2D eigenvalue weighted by Crippen LogP contribution is 2.37. The Morgan fingerprint density at radius 2 is 1.27 bits per heavy atom. The second-order valence-corrected chi connectivity index (χ2v) is 14.2. The van der Waals surface area contributed by atoms with E-state index >= 15 is 0 Å². The molecule has 5 aromatic carbocycles. The summed E-state index contributed by atoms with van der Waals surface area (Å²) in [6, 6.07) is 36.4. The van der Waals surface area contributed by atoms with E-state index < -0.39 is 8.07 Å². The van der Waals surface area contributed by atoms with Gasteiger partial charge in [0.15, 0.2) is 0 Å². The molecule has 1 aromatic heterocycles. The highest BCUT2D eigenvalue weighted by atomic mass is 28.3. The van der Waals surface area contributed by atoms with Crippen LogP contribution < -0.4 is 10.4 Å². The van der Waals surface area contributed by atoms with E-state index in [1.54, 1.807) is 10.4 Å². The van der Waals surface area contributed by atoms with Crippen molar-refractivity contribution in [1.82, 2.24) is 4.57 Å². The minimum atomic E-state index is -1.68. The Bertz CT molecular complexity index is 1750. The van der Waals surface area contributed by atoms with Gasteiger partial charge in [0.1, 0.15) is 8.07 Å². The fourth-order valence-corrected chi connectivity index (χ4v) is 9.15. The minimum absolute atomic E-state index is 1.29. The van der Waals surface area contributed by atoms with Gasteiger partial charge in [0.2, 0.25) is 0 Å². The van der Waals surface area contributed by atoms with Crippen LogP contribution in [-0.4, -0.2) is 12.6 Å². The first-order valence-corrected chi connectivity index (χ1v) is 14.7. The predicted molar refractivity (Wildman–Crippen MR) is 146 cm³/mol. The fourth-order valence-electron chi connectivity index (χ4n) is 6.04. The first-order valence-electron chi connectivity index (χ1n) is 11.7. The molecule has 33 heavy (non-hydrogen) atoms. The third kappa shape index (κ3) is 2.47. The highest BCUT2D eigenvalue weighted by Gasteiger charge is 2.37. The van der Waals surface area contributed by atoms with E-state index in [4.69, 9.17) is 0 Å². The zero-order valence-corrected chi connectivity index (χ0v) is 20.2. The summed E-state index contributed by atoms with van der Waals surface area (Å²) < 4.78 is 2.33. The maximum Gasteiger partial charge on any atom is 0.113 e. The van der Waals surface area contributed by atoms with E-state index in [1.165, 1.54) is 54.8 Å². The van der Waals surface area contributed by atoms with Crippen molar-refractivity contribution >= 4 is 51.0 Å². The topological polar surface area (TPSA) is 4.93 Å². The maximum atomic E-state index is 2.49. The van der Waals surface area contributed by atoms with Gasteiger partial charge in [0, 0.05) is 28.9 Å². The van der Waals surface area contributed by atoms with Gasteiger partial charge in [-0.15, -0.1) is 0 Å². The largest absolute Gasteiger partial charge is 0.344 e. The van der Waals surface area contributed by atoms with Crippen LogP contribution in [0.2, 0.25) is 13.1 Å². The first kappa shape index (κ1) is 18.9. The van der Waals surface area contributed by atoms with Gasteiger partial charge in [-0.2, -0.15) is 0 Å². The molecule has 2 heterocycles. The quantitative estimate of drug-likeness (QED) is 0.244. The molecule has 0 radical (unpaired) electrons. The number of nitrogens with zero attached hydrogens (tertiary/aromatic N) is 1. The standard InChI is InChI=1S/C31H25NSi/c1-32-27-16-14-21(18-26(27)31-23-9-5-4-8-20(23)13-17-28(31)32)22-12-15-25-24-10-6-7-11-29(24)33(2,3)30(25)19-22/h4-19H,1-3H3. The molecule has 0 bridgehead atoms. The molecule has 7 rings (SSSR count). The number of benzene rings is 5. The number of hydrogen-bond acceptors (Lipinski definition) is 0. The zero-order chi connectivity index (χ0) is 22.3. The second-order valence-electron chi connectivity index (χ2n) is 9.90. The Hall–Kier alpha value is -3.62. The predicted octanol–water partition coefficient (Wildman–Crippen LogP) is 6.95. The Kier molecular flexibility index (Phi) is 3.70. The average molecular weight is 440 g/mol. The van der Waals surface area contributed by atoms with Crippen molar-refractivity contribution in [2.24, 2.45) is 7.05 Å². The van der Waals surface area contributed by atoms with Gasteiger partial charge in [-0.25, -0.2) is 0 Å². The molecule has 0 atom stereocenters. The molecule has 0 saturated heterocycles. The lowest BCUT2D eigenvalue weighted by atomic mass is 9.98. The smallest absolute Gasteiger partial charge is 0.113 e. The molecule has 0 aliphatic carbocycles. The molecule has 0 N–H and O–H groups in total. The van der Waals surface area contributed by atoms with E-state index in [-0.39, 0.29) is 0 Å². The number of fused-ring (bicyclic) bond motifs is 8. The van der Waals surface area contributed by atoms with Crippen molar-refractivity contribution in [3.63, 3.8) is 0 Å². The SMILES string of the molecule is Cn1c2ccc(-c3ccc4c(c3)[Si](C)(C)c3ccccc3-4)cc2c2c3ccccc3ccc21. The molecule has 2 heteroatoms. The molecule has 6 aromatic rings. The van der Waals surface area contributed by atoms with Crippen LogP contribution in [0.5, 0.6) is 0 Å². The van der Waals surface area contributed by atoms with Crippen LogP contribution in [0, 0.1) is 0 Å². The summed E-state index contributed by atoms with van der Waals surface area (Å²) in [7, 11) is 0.501. The van der Waals surface area contributed by atoms with Crippen LogP contribution in [-0.2, 0) is 7.05 Å². The van der Waals surface area contributed by atoms with Gasteiger partial charge in [-0.1, -0.05) is 92.0 Å². The van der Waals surface area contributed by atoms with Gasteiger partial charge < -0.3 is 4.57 Å². The first-order chi connectivity index (χ1) is 16.0. The molecule has 1 aliphatic heterocycles. The van der Waals surface area contributed by atoms with Crippen LogP contribution >= 0.6 is 0 Å². The van der Waals surface area contributed by atoms with E-state index in [1.807, 2.05) is 0 Å². The molecule has 0 amide bonds. The summed E-state index contributed by atoms with van der Waals surface area (Å²) in [5.41, 5.74) is 8.06. The summed E-state index contributed by atoms with van der Waals surface area (Å²) in [6.07, 6.45) is 0. The third-order valence-corrected chi connectivity index (χ3v) is 11.4. The number of aromatic nitrogens is 1. The Balaban J connectivity index is 1.48. The molecule has 0 unspecified atom stereocenters. The van der Waals surface area contributed by atoms with E-state index in [9.17, 15) is 0 Å². The molecular weight excluding hydrogens is 414 g/mol. The van der Waals surface area contributed by atoms with Gasteiger partial charge in [-0.3, -0.25) is 0 Å². The molecule has 158 valence electrons. The molecular formula is C31H25NSi. The van der Waals surface area contributed by atoms with Gasteiger partial charge in [-0.05, 0) is 61.6 Å². The van der Waals surface area contributed by atoms with Crippen molar-refractivity contribution in [1.29, 1.82) is 0 Å². The number of hydrogen-bond donors (Lipinski definition) is 0. The summed E-state index contributed by atoms with van der Waals surface area (Å²) in [4.78, 5) is 0. The highest BCUT2D eigenvalue weighted by molar-refractivity contribution is 7.03. The van der Waals surface area contributed by atoms with E-state index in [0.717, 1.165) is 0 Å². The van der Waals surface area contributed by atoms with Gasteiger partial charge in [0.25, 0.3) is 0 Å². The molecule has 1 aliphatic rings. The molecule has 0 saturated carbocycles. The Morgan fingerprint density at radius 1 is 0.576 bits per heavy atom. The van der Waals surface area contributed by atoms with Crippen LogP contribution in [0.25, 0.3) is 54.8 Å². The maximum absolute atomic E-state index is 2.49. The molecule has 0 spiro atoms. The Morgan fingerprint density at radius 3 is 2.18 bits per heavy atom. The summed E-state index contributed by atoms with van der Waals surface area (Å²) >= 11 is 0. The van der Waals surface area contributed by atoms with Crippen LogP contribution in [0.4, 0.5) is 0 Å². The monoisotopic (exact) mass is 439 g/mol. The normalized spacial score (nSPS) is 14.2. The molecule has 0 fully saturated rings. The number of rotatable bonds is 1. The fraction of sp³-hybridized carbons (Fsp3) is 0.0968. The lowest BCUT2D eigenvalue weighted by molar-refractivity contribution is 1.01. The van der Waals surface area contributed by atoms with Crippen LogP contribution in [0.1, 0.15) is 0 Å². The average Bonchev–Trinajstić information content (AvgIpc) is 3.27. The van der Waals surface area contributed by atoms with Crippen LogP contribution in [0.15, 0.2) is 97.1 Å². The minimum Gasteiger partial charge on any atom is -0.344 e. The summed E-state index contributed by atoms with van der Waals surface area (Å²) in [5, 5.41) is 8.44. The van der Waals surface area contributed by atoms with Crippen molar-refractivity contribution in [2.45, 2.75) is 13.1 Å². The van der Waals surface area contributed by atoms with Crippen molar-refractivity contribution < 1.29 is 0 Å². The lowest BCUT2D eigenvalue weighted by Gasteiger charge is -2.19. The lowest BCUT2D eigenvalue weighted by Crippen LogP contribution is -2.49. The van der Waals surface area contributed by atoms with Gasteiger partial charge in [0.05, 0.1) is 0 Å².